The Morgan fingerprint density at radius 2 is 1.91 bits per heavy atom. The van der Waals surface area contributed by atoms with Gasteiger partial charge in [-0.3, -0.25) is 9.59 Å². The lowest BCUT2D eigenvalue weighted by Crippen LogP contribution is -2.66. The molecule has 0 aromatic heterocycles. The van der Waals surface area contributed by atoms with Gasteiger partial charge in [0.25, 0.3) is 5.92 Å². The number of hydrogen-bond donors (Lipinski definition) is 2. The van der Waals surface area contributed by atoms with Crippen LogP contribution >= 0.6 is 0 Å². The Kier molecular flexibility index (Phi) is 9.54. The first-order valence-electron chi connectivity index (χ1n) is 11.0. The minimum absolute atomic E-state index is 0.0391. The van der Waals surface area contributed by atoms with E-state index in [0.29, 0.717) is 6.42 Å². The maximum atomic E-state index is 15.4. The lowest BCUT2D eigenvalue weighted by molar-refractivity contribution is -0.241. The molecule has 0 unspecified atom stereocenters. The van der Waals surface area contributed by atoms with Gasteiger partial charge in [0.05, 0.1) is 31.5 Å². The molecule has 32 heavy (non-hydrogen) atoms. The van der Waals surface area contributed by atoms with Crippen molar-refractivity contribution in [1.29, 1.82) is 0 Å². The zero-order chi connectivity index (χ0) is 23.9. The summed E-state index contributed by atoms with van der Waals surface area (Å²) in [4.78, 5) is 23.8. The number of carbonyl (C=O) groups excluding carboxylic acids is 2. The molecule has 3 N–H and O–H groups in total. The molecule has 7 nitrogen and oxygen atoms in total. The Labute approximate surface area is 188 Å². The van der Waals surface area contributed by atoms with Gasteiger partial charge >= 0.3 is 5.97 Å². The van der Waals surface area contributed by atoms with Crippen molar-refractivity contribution in [3.05, 3.63) is 35.9 Å². The van der Waals surface area contributed by atoms with E-state index in [4.69, 9.17) is 19.9 Å². The number of ether oxygens (including phenoxy) is 3. The Bertz CT molecular complexity index is 749. The fourth-order valence-corrected chi connectivity index (χ4v) is 4.09. The van der Waals surface area contributed by atoms with Crippen LogP contribution in [0.4, 0.5) is 8.78 Å². The van der Waals surface area contributed by atoms with Crippen molar-refractivity contribution < 1.29 is 32.6 Å². The maximum absolute atomic E-state index is 15.4. The Morgan fingerprint density at radius 1 is 1.25 bits per heavy atom. The standard InChI is InChI=1S/C23H34F2N2O5/c1-5-18-14(3)20(31-13-16-10-8-7-9-11-16)19(27-15(4)28)21(32-18)23(24,25)12-17(26)22(29)30-6-2/h7-11,14,17-21H,5-6,12-13,26H2,1-4H3,(H,27,28)/t14-,17+,18+,19+,20-,21-/m0/s1. The van der Waals surface area contributed by atoms with Crippen LogP contribution in [-0.2, 0) is 30.4 Å². The van der Waals surface area contributed by atoms with Crippen molar-refractivity contribution in [2.45, 2.75) is 83.5 Å². The second kappa shape index (κ2) is 11.7. The number of amides is 1. The molecule has 0 radical (unpaired) electrons. The first-order chi connectivity index (χ1) is 15.1. The summed E-state index contributed by atoms with van der Waals surface area (Å²) in [5, 5.41) is 2.60. The number of rotatable bonds is 10. The van der Waals surface area contributed by atoms with E-state index in [-0.39, 0.29) is 19.1 Å². The first-order valence-corrected chi connectivity index (χ1v) is 11.0. The van der Waals surface area contributed by atoms with Gasteiger partial charge < -0.3 is 25.3 Å². The Morgan fingerprint density at radius 3 is 2.47 bits per heavy atom. The minimum atomic E-state index is -3.51. The van der Waals surface area contributed by atoms with Gasteiger partial charge in [0.1, 0.15) is 12.1 Å². The van der Waals surface area contributed by atoms with Gasteiger partial charge in [-0.05, 0) is 18.9 Å². The number of nitrogens with one attached hydrogen (secondary N) is 1. The molecule has 1 heterocycles. The van der Waals surface area contributed by atoms with Crippen molar-refractivity contribution in [2.75, 3.05) is 6.61 Å². The highest BCUT2D eigenvalue weighted by Gasteiger charge is 2.55. The molecule has 0 aliphatic carbocycles. The van der Waals surface area contributed by atoms with Crippen LogP contribution in [0.2, 0.25) is 0 Å². The molecule has 0 saturated carbocycles. The molecule has 1 aromatic rings. The SMILES string of the molecule is CCOC(=O)[C@H](N)CC(F)(F)[C@H]1O[C@H](CC)[C@H](C)[C@H](OCc2ccccc2)[C@H]1NC(C)=O. The predicted molar refractivity (Wildman–Crippen MR) is 115 cm³/mol. The van der Waals surface area contributed by atoms with Crippen LogP contribution in [-0.4, -0.2) is 54.8 Å². The highest BCUT2D eigenvalue weighted by molar-refractivity contribution is 5.75. The van der Waals surface area contributed by atoms with Crippen molar-refractivity contribution in [2.24, 2.45) is 11.7 Å². The summed E-state index contributed by atoms with van der Waals surface area (Å²) in [6, 6.07) is 6.70. The smallest absolute Gasteiger partial charge is 0.323 e. The number of alkyl halides is 2. The van der Waals surface area contributed by atoms with E-state index >= 15 is 8.78 Å². The van der Waals surface area contributed by atoms with Gasteiger partial charge in [0.15, 0.2) is 0 Å². The van der Waals surface area contributed by atoms with Crippen LogP contribution in [0.5, 0.6) is 0 Å². The molecule has 0 bridgehead atoms. The number of carbonyl (C=O) groups is 2. The lowest BCUT2D eigenvalue weighted by Gasteiger charge is -2.48. The normalized spacial score (nSPS) is 26.9. The molecule has 180 valence electrons. The van der Waals surface area contributed by atoms with E-state index in [1.54, 1.807) is 6.92 Å². The topological polar surface area (TPSA) is 99.9 Å². The average Bonchev–Trinajstić information content (AvgIpc) is 2.73. The highest BCUT2D eigenvalue weighted by atomic mass is 19.3. The lowest BCUT2D eigenvalue weighted by atomic mass is 9.82. The van der Waals surface area contributed by atoms with E-state index in [9.17, 15) is 9.59 Å². The third-order valence-corrected chi connectivity index (χ3v) is 5.66. The molecule has 1 aliphatic rings. The molecule has 6 atom stereocenters. The molecule has 1 fully saturated rings. The zero-order valence-electron chi connectivity index (χ0n) is 19.1. The third-order valence-electron chi connectivity index (χ3n) is 5.66. The van der Waals surface area contributed by atoms with Crippen LogP contribution in [0.25, 0.3) is 0 Å². The van der Waals surface area contributed by atoms with Crippen LogP contribution < -0.4 is 11.1 Å². The van der Waals surface area contributed by atoms with Crippen LogP contribution in [0.15, 0.2) is 30.3 Å². The molecule has 2 rings (SSSR count). The molecule has 1 aromatic carbocycles. The van der Waals surface area contributed by atoms with Crippen LogP contribution in [0.1, 0.15) is 46.1 Å². The average molecular weight is 457 g/mol. The van der Waals surface area contributed by atoms with E-state index in [2.05, 4.69) is 5.32 Å². The largest absolute Gasteiger partial charge is 0.465 e. The third kappa shape index (κ3) is 6.70. The first kappa shape index (κ1) is 26.2. The number of hydrogen-bond acceptors (Lipinski definition) is 6. The van der Waals surface area contributed by atoms with Gasteiger partial charge in [-0.15, -0.1) is 0 Å². The molecule has 9 heteroatoms. The second-order valence-electron chi connectivity index (χ2n) is 8.17. The molecule has 1 saturated heterocycles. The fraction of sp³-hybridized carbons (Fsp3) is 0.652. The van der Waals surface area contributed by atoms with E-state index < -0.39 is 54.6 Å². The van der Waals surface area contributed by atoms with Crippen molar-refractivity contribution in [1.82, 2.24) is 5.32 Å². The number of nitrogens with two attached hydrogens (primary N) is 1. The summed E-state index contributed by atoms with van der Waals surface area (Å²) in [6.45, 7) is 6.76. The van der Waals surface area contributed by atoms with E-state index in [0.717, 1.165) is 5.56 Å². The molecule has 1 amide bonds. The second-order valence-corrected chi connectivity index (χ2v) is 8.17. The monoisotopic (exact) mass is 456 g/mol. The highest BCUT2D eigenvalue weighted by Crippen LogP contribution is 2.39. The van der Waals surface area contributed by atoms with Crippen molar-refractivity contribution in [3.8, 4) is 0 Å². The van der Waals surface area contributed by atoms with E-state index in [1.807, 2.05) is 44.2 Å². The van der Waals surface area contributed by atoms with Crippen LogP contribution in [0, 0.1) is 5.92 Å². The summed E-state index contributed by atoms with van der Waals surface area (Å²) < 4.78 is 47.5. The number of halogens is 2. The maximum Gasteiger partial charge on any atom is 0.323 e. The number of benzene rings is 1. The predicted octanol–water partition coefficient (Wildman–Crippen LogP) is 2.81. The summed E-state index contributed by atoms with van der Waals surface area (Å²) in [5.41, 5.74) is 6.56. The quantitative estimate of drug-likeness (QED) is 0.525. The fourth-order valence-electron chi connectivity index (χ4n) is 4.09. The molecule has 0 spiro atoms. The molecule has 1 aliphatic heterocycles. The Balaban J connectivity index is 2.31. The summed E-state index contributed by atoms with van der Waals surface area (Å²) in [6.07, 6.45) is -3.45. The van der Waals surface area contributed by atoms with Crippen molar-refractivity contribution in [3.63, 3.8) is 0 Å². The molecular weight excluding hydrogens is 422 g/mol. The Hall–Kier alpha value is -2.10. The van der Waals surface area contributed by atoms with Gasteiger partial charge in [-0.2, -0.15) is 0 Å². The minimum Gasteiger partial charge on any atom is -0.465 e. The zero-order valence-corrected chi connectivity index (χ0v) is 19.1. The van der Waals surface area contributed by atoms with Gasteiger partial charge in [-0.25, -0.2) is 8.78 Å². The summed E-state index contributed by atoms with van der Waals surface area (Å²) in [7, 11) is 0. The molecular formula is C23H34F2N2O5. The van der Waals surface area contributed by atoms with Gasteiger partial charge in [0, 0.05) is 19.3 Å². The van der Waals surface area contributed by atoms with E-state index in [1.165, 1.54) is 6.92 Å². The van der Waals surface area contributed by atoms with Gasteiger partial charge in [-0.1, -0.05) is 44.2 Å². The van der Waals surface area contributed by atoms with Crippen LogP contribution in [0.3, 0.4) is 0 Å². The summed E-state index contributed by atoms with van der Waals surface area (Å²) >= 11 is 0. The van der Waals surface area contributed by atoms with Crippen molar-refractivity contribution >= 4 is 11.9 Å². The number of esters is 1. The van der Waals surface area contributed by atoms with Gasteiger partial charge in [0.2, 0.25) is 5.91 Å². The summed E-state index contributed by atoms with van der Waals surface area (Å²) in [5.74, 6) is -5.16.